The van der Waals surface area contributed by atoms with Crippen molar-refractivity contribution in [2.45, 2.75) is 23.3 Å². The van der Waals surface area contributed by atoms with Gasteiger partial charge in [-0.25, -0.2) is 4.79 Å². The fraction of sp³-hybridized carbons (Fsp3) is 0.429. The van der Waals surface area contributed by atoms with E-state index in [2.05, 4.69) is 5.32 Å². The van der Waals surface area contributed by atoms with Gasteiger partial charge in [0.2, 0.25) is 0 Å². The monoisotopic (exact) mass is 311 g/mol. The second-order valence-electron chi connectivity index (χ2n) is 4.65. The van der Waals surface area contributed by atoms with Crippen LogP contribution in [0.4, 0.5) is 0 Å². The molecular weight excluding hydrogens is 294 g/mol. The largest absolute Gasteiger partial charge is 0.480 e. The number of carbonyl (C=O) groups is 2. The summed E-state index contributed by atoms with van der Waals surface area (Å²) in [6.45, 7) is 0. The van der Waals surface area contributed by atoms with Gasteiger partial charge in [-0.15, -0.1) is 11.8 Å². The Morgan fingerprint density at radius 3 is 2.55 bits per heavy atom. The molecule has 20 heavy (non-hydrogen) atoms. The first-order chi connectivity index (χ1) is 9.59. The molecule has 1 aromatic carbocycles. The normalized spacial score (nSPS) is 17.4. The lowest BCUT2D eigenvalue weighted by Crippen LogP contribution is -2.56. The van der Waals surface area contributed by atoms with Crippen LogP contribution in [0.1, 0.15) is 23.2 Å². The maximum absolute atomic E-state index is 12.4. The number of carboxylic acid groups (broad SMARTS) is 1. The predicted molar refractivity (Wildman–Crippen MR) is 82.6 cm³/mol. The van der Waals surface area contributed by atoms with E-state index in [0.29, 0.717) is 18.4 Å². The number of hydrogen-bond donors (Lipinski definition) is 2. The van der Waals surface area contributed by atoms with E-state index in [1.54, 1.807) is 23.9 Å². The molecule has 0 aromatic heterocycles. The van der Waals surface area contributed by atoms with Crippen molar-refractivity contribution in [2.75, 3.05) is 17.8 Å². The first-order valence-electron chi connectivity index (χ1n) is 6.36. The first kappa shape index (κ1) is 15.3. The van der Waals surface area contributed by atoms with Gasteiger partial charge >= 0.3 is 5.97 Å². The second kappa shape index (κ2) is 6.54. The number of benzene rings is 1. The van der Waals surface area contributed by atoms with Crippen LogP contribution in [0.3, 0.4) is 0 Å². The number of thioether (sulfide) groups is 2. The fourth-order valence-electron chi connectivity index (χ4n) is 2.23. The third-order valence-corrected chi connectivity index (χ3v) is 5.24. The molecule has 0 radical (unpaired) electrons. The zero-order valence-corrected chi connectivity index (χ0v) is 12.9. The summed E-state index contributed by atoms with van der Waals surface area (Å²) in [7, 11) is 0. The molecule has 108 valence electrons. The van der Waals surface area contributed by atoms with E-state index in [0.717, 1.165) is 16.4 Å². The van der Waals surface area contributed by atoms with Crippen LogP contribution in [-0.2, 0) is 4.79 Å². The highest BCUT2D eigenvalue weighted by molar-refractivity contribution is 7.99. The highest BCUT2D eigenvalue weighted by Crippen LogP contribution is 2.28. The molecule has 1 amide bonds. The predicted octanol–water partition coefficient (Wildman–Crippen LogP) is 2.49. The Hall–Kier alpha value is -1.14. The Balaban J connectivity index is 2.22. The Labute approximate surface area is 126 Å². The smallest absolute Gasteiger partial charge is 0.329 e. The van der Waals surface area contributed by atoms with Crippen LogP contribution in [0.15, 0.2) is 29.2 Å². The van der Waals surface area contributed by atoms with Gasteiger partial charge in [0, 0.05) is 4.90 Å². The summed E-state index contributed by atoms with van der Waals surface area (Å²) in [6.07, 6.45) is 2.84. The quantitative estimate of drug-likeness (QED) is 0.836. The maximum Gasteiger partial charge on any atom is 0.329 e. The van der Waals surface area contributed by atoms with E-state index in [4.69, 9.17) is 0 Å². The fourth-order valence-corrected chi connectivity index (χ4v) is 4.01. The second-order valence-corrected chi connectivity index (χ2v) is 6.73. The zero-order chi connectivity index (χ0) is 14.6. The molecule has 2 rings (SSSR count). The van der Waals surface area contributed by atoms with E-state index in [9.17, 15) is 14.7 Å². The Kier molecular flexibility index (Phi) is 4.99. The van der Waals surface area contributed by atoms with Crippen molar-refractivity contribution in [1.82, 2.24) is 5.32 Å². The van der Waals surface area contributed by atoms with Crippen LogP contribution in [0.5, 0.6) is 0 Å². The van der Waals surface area contributed by atoms with Crippen molar-refractivity contribution < 1.29 is 14.7 Å². The molecule has 1 saturated heterocycles. The first-order valence-corrected chi connectivity index (χ1v) is 8.74. The molecule has 0 atom stereocenters. The van der Waals surface area contributed by atoms with Gasteiger partial charge in [0.05, 0.1) is 5.56 Å². The molecule has 6 heteroatoms. The summed E-state index contributed by atoms with van der Waals surface area (Å²) in [5, 5.41) is 12.2. The van der Waals surface area contributed by atoms with Crippen molar-refractivity contribution in [3.05, 3.63) is 29.8 Å². The zero-order valence-electron chi connectivity index (χ0n) is 11.2. The minimum atomic E-state index is -1.12. The average Bonchev–Trinajstić information content (AvgIpc) is 2.48. The molecule has 0 bridgehead atoms. The van der Waals surface area contributed by atoms with E-state index in [-0.39, 0.29) is 5.91 Å². The van der Waals surface area contributed by atoms with Crippen LogP contribution in [0.25, 0.3) is 0 Å². The van der Waals surface area contributed by atoms with E-state index in [1.165, 1.54) is 11.8 Å². The van der Waals surface area contributed by atoms with Gasteiger partial charge in [-0.3, -0.25) is 4.79 Å². The van der Waals surface area contributed by atoms with Gasteiger partial charge in [0.1, 0.15) is 5.54 Å². The molecule has 2 N–H and O–H groups in total. The van der Waals surface area contributed by atoms with Gasteiger partial charge in [-0.1, -0.05) is 12.1 Å². The van der Waals surface area contributed by atoms with E-state index < -0.39 is 11.5 Å². The number of hydrogen-bond acceptors (Lipinski definition) is 4. The summed E-state index contributed by atoms with van der Waals surface area (Å²) in [5.74, 6) is 0.282. The summed E-state index contributed by atoms with van der Waals surface area (Å²) < 4.78 is 0. The standard InChI is InChI=1S/C14H17NO3S2/c1-19-11-5-3-2-4-10(11)12(16)15-14(13(17)18)6-8-20-9-7-14/h2-5H,6-9H2,1H3,(H,15,16)(H,17,18). The minimum absolute atomic E-state index is 0.302. The van der Waals surface area contributed by atoms with Crippen LogP contribution >= 0.6 is 23.5 Å². The van der Waals surface area contributed by atoms with Gasteiger partial charge < -0.3 is 10.4 Å². The van der Waals surface area contributed by atoms with Crippen molar-refractivity contribution in [3.8, 4) is 0 Å². The SMILES string of the molecule is CSc1ccccc1C(=O)NC1(C(=O)O)CCSCC1. The lowest BCUT2D eigenvalue weighted by molar-refractivity contribution is -0.144. The molecule has 0 spiro atoms. The summed E-state index contributed by atoms with van der Waals surface area (Å²) in [5.41, 5.74) is -0.577. The summed E-state index contributed by atoms with van der Waals surface area (Å²) in [4.78, 5) is 24.8. The lowest BCUT2D eigenvalue weighted by atomic mass is 9.92. The van der Waals surface area contributed by atoms with Crippen molar-refractivity contribution >= 4 is 35.4 Å². The van der Waals surface area contributed by atoms with E-state index >= 15 is 0 Å². The molecule has 1 fully saturated rings. The molecule has 4 nitrogen and oxygen atoms in total. The number of aliphatic carboxylic acids is 1. The van der Waals surface area contributed by atoms with Gasteiger partial charge in [0.25, 0.3) is 5.91 Å². The Morgan fingerprint density at radius 2 is 1.95 bits per heavy atom. The minimum Gasteiger partial charge on any atom is -0.480 e. The molecule has 1 aliphatic rings. The number of amides is 1. The van der Waals surface area contributed by atoms with Crippen LogP contribution in [-0.4, -0.2) is 40.3 Å². The Bertz CT molecular complexity index is 513. The summed E-state index contributed by atoms with van der Waals surface area (Å²) in [6, 6.07) is 7.25. The van der Waals surface area contributed by atoms with Gasteiger partial charge in [0.15, 0.2) is 0 Å². The molecule has 0 aliphatic carbocycles. The van der Waals surface area contributed by atoms with Crippen molar-refractivity contribution in [3.63, 3.8) is 0 Å². The van der Waals surface area contributed by atoms with Gasteiger partial charge in [-0.2, -0.15) is 11.8 Å². The number of nitrogens with one attached hydrogen (secondary N) is 1. The number of rotatable bonds is 4. The number of carbonyl (C=O) groups excluding carboxylic acids is 1. The molecule has 1 aliphatic heterocycles. The maximum atomic E-state index is 12.4. The summed E-state index contributed by atoms with van der Waals surface area (Å²) >= 11 is 3.21. The molecular formula is C14H17NO3S2. The van der Waals surface area contributed by atoms with Gasteiger partial charge in [-0.05, 0) is 42.7 Å². The average molecular weight is 311 g/mol. The van der Waals surface area contributed by atoms with Crippen LogP contribution < -0.4 is 5.32 Å². The molecule has 0 saturated carbocycles. The van der Waals surface area contributed by atoms with Crippen molar-refractivity contribution in [1.29, 1.82) is 0 Å². The third-order valence-electron chi connectivity index (χ3n) is 3.46. The highest BCUT2D eigenvalue weighted by atomic mass is 32.2. The van der Waals surface area contributed by atoms with E-state index in [1.807, 2.05) is 18.4 Å². The van der Waals surface area contributed by atoms with Crippen LogP contribution in [0, 0.1) is 0 Å². The molecule has 1 aromatic rings. The molecule has 0 unspecified atom stereocenters. The van der Waals surface area contributed by atoms with Crippen LogP contribution in [0.2, 0.25) is 0 Å². The third kappa shape index (κ3) is 3.12. The highest BCUT2D eigenvalue weighted by Gasteiger charge is 2.41. The van der Waals surface area contributed by atoms with Crippen molar-refractivity contribution in [2.24, 2.45) is 0 Å². The number of carboxylic acids is 1. The Morgan fingerprint density at radius 1 is 1.30 bits per heavy atom. The molecule has 1 heterocycles. The topological polar surface area (TPSA) is 66.4 Å². The lowest BCUT2D eigenvalue weighted by Gasteiger charge is -2.33.